The molecule has 0 radical (unpaired) electrons. The molecule has 17 heavy (non-hydrogen) atoms. The van der Waals surface area contributed by atoms with E-state index >= 15 is 0 Å². The van der Waals surface area contributed by atoms with Gasteiger partial charge in [-0.2, -0.15) is 0 Å². The zero-order chi connectivity index (χ0) is 12.4. The number of nitrogens with zero attached hydrogens (tertiary/aromatic N) is 1. The zero-order valence-corrected chi connectivity index (χ0v) is 9.30. The zero-order valence-electron chi connectivity index (χ0n) is 9.30. The first-order chi connectivity index (χ1) is 8.15. The highest BCUT2D eigenvalue weighted by atomic mass is 16.4. The van der Waals surface area contributed by atoms with Crippen LogP contribution < -0.4 is 4.90 Å². The number of rotatable bonds is 3. The van der Waals surface area contributed by atoms with Crippen molar-refractivity contribution >= 4 is 17.4 Å². The molecule has 1 aliphatic heterocycles. The Morgan fingerprint density at radius 2 is 2.24 bits per heavy atom. The monoisotopic (exact) mass is 231 g/mol. The van der Waals surface area contributed by atoms with Gasteiger partial charge in [-0.25, -0.2) is 0 Å². The highest BCUT2D eigenvalue weighted by molar-refractivity contribution is 6.13. The summed E-state index contributed by atoms with van der Waals surface area (Å²) in [6, 6.07) is 7.08. The van der Waals surface area contributed by atoms with E-state index in [1.165, 1.54) is 0 Å². The molecule has 1 atom stereocenters. The summed E-state index contributed by atoms with van der Waals surface area (Å²) in [6.45, 7) is 4.38. The molecule has 0 spiro atoms. The van der Waals surface area contributed by atoms with Gasteiger partial charge in [-0.15, -0.1) is 6.58 Å². The summed E-state index contributed by atoms with van der Waals surface area (Å²) in [5.74, 6) is -2.36. The standard InChI is InChI=1S/C13H13NO3/c1-2-7-14-8-10(13(16)17)12(15)9-5-3-4-6-11(9)14/h2-6,10H,1,7-8H2,(H,16,17). The molecule has 0 fully saturated rings. The molecule has 4 heteroatoms. The minimum Gasteiger partial charge on any atom is -0.481 e. The number of Topliss-reactive ketones (excluding diaryl/α,β-unsaturated/α-hetero) is 1. The largest absolute Gasteiger partial charge is 0.481 e. The molecule has 1 unspecified atom stereocenters. The molecule has 2 rings (SSSR count). The lowest BCUT2D eigenvalue weighted by atomic mass is 9.91. The molecule has 1 aromatic rings. The van der Waals surface area contributed by atoms with Crippen molar-refractivity contribution in [2.75, 3.05) is 18.0 Å². The smallest absolute Gasteiger partial charge is 0.316 e. The van der Waals surface area contributed by atoms with Gasteiger partial charge in [0.1, 0.15) is 5.92 Å². The molecule has 0 aromatic heterocycles. The van der Waals surface area contributed by atoms with Gasteiger partial charge < -0.3 is 10.0 Å². The van der Waals surface area contributed by atoms with E-state index in [2.05, 4.69) is 6.58 Å². The maximum Gasteiger partial charge on any atom is 0.316 e. The molecule has 1 N–H and O–H groups in total. The number of fused-ring (bicyclic) bond motifs is 1. The van der Waals surface area contributed by atoms with E-state index in [1.54, 1.807) is 18.2 Å². The lowest BCUT2D eigenvalue weighted by Gasteiger charge is -2.32. The van der Waals surface area contributed by atoms with Crippen LogP contribution in [-0.2, 0) is 4.79 Å². The Hall–Kier alpha value is -2.10. The summed E-state index contributed by atoms with van der Waals surface area (Å²) < 4.78 is 0. The van der Waals surface area contributed by atoms with Crippen LogP contribution in [0.5, 0.6) is 0 Å². The first kappa shape index (κ1) is 11.4. The first-order valence-electron chi connectivity index (χ1n) is 5.37. The highest BCUT2D eigenvalue weighted by Crippen LogP contribution is 2.29. The number of carboxylic acids is 1. The summed E-state index contributed by atoms with van der Waals surface area (Å²) in [4.78, 5) is 24.9. The lowest BCUT2D eigenvalue weighted by molar-refractivity contribution is -0.139. The predicted molar refractivity (Wildman–Crippen MR) is 64.3 cm³/mol. The number of ketones is 1. The average molecular weight is 231 g/mol. The summed E-state index contributed by atoms with van der Waals surface area (Å²) in [6.07, 6.45) is 1.70. The van der Waals surface area contributed by atoms with Gasteiger partial charge in [0.2, 0.25) is 0 Å². The van der Waals surface area contributed by atoms with E-state index in [-0.39, 0.29) is 12.3 Å². The van der Waals surface area contributed by atoms with Crippen LogP contribution in [0.3, 0.4) is 0 Å². The van der Waals surface area contributed by atoms with Gasteiger partial charge >= 0.3 is 5.97 Å². The van der Waals surface area contributed by atoms with Crippen LogP contribution >= 0.6 is 0 Å². The van der Waals surface area contributed by atoms with Crippen molar-refractivity contribution in [1.29, 1.82) is 0 Å². The van der Waals surface area contributed by atoms with Crippen molar-refractivity contribution in [2.45, 2.75) is 0 Å². The molecule has 1 heterocycles. The van der Waals surface area contributed by atoms with E-state index in [4.69, 9.17) is 5.11 Å². The fraction of sp³-hybridized carbons (Fsp3) is 0.231. The summed E-state index contributed by atoms with van der Waals surface area (Å²) in [5.41, 5.74) is 1.27. The number of carboxylic acid groups (broad SMARTS) is 1. The third-order valence-corrected chi connectivity index (χ3v) is 2.88. The van der Waals surface area contributed by atoms with Crippen LogP contribution in [0.4, 0.5) is 5.69 Å². The Labute approximate surface area is 99.2 Å². The lowest BCUT2D eigenvalue weighted by Crippen LogP contribution is -2.42. The van der Waals surface area contributed by atoms with Crippen molar-refractivity contribution in [2.24, 2.45) is 5.92 Å². The molecule has 1 aromatic carbocycles. The second kappa shape index (κ2) is 4.41. The Morgan fingerprint density at radius 1 is 1.53 bits per heavy atom. The number of hydrogen-bond acceptors (Lipinski definition) is 3. The topological polar surface area (TPSA) is 57.6 Å². The second-order valence-electron chi connectivity index (χ2n) is 3.97. The average Bonchev–Trinajstić information content (AvgIpc) is 2.33. The molecule has 1 aliphatic rings. The van der Waals surface area contributed by atoms with Crippen molar-refractivity contribution in [3.63, 3.8) is 0 Å². The Kier molecular flexibility index (Phi) is 2.95. The fourth-order valence-electron chi connectivity index (χ4n) is 2.07. The molecule has 0 saturated carbocycles. The molecule has 0 bridgehead atoms. The minimum absolute atomic E-state index is 0.206. The summed E-state index contributed by atoms with van der Waals surface area (Å²) >= 11 is 0. The number of para-hydroxylation sites is 1. The van der Waals surface area contributed by atoms with E-state index < -0.39 is 11.9 Å². The highest BCUT2D eigenvalue weighted by Gasteiger charge is 2.35. The van der Waals surface area contributed by atoms with Crippen molar-refractivity contribution < 1.29 is 14.7 Å². The van der Waals surface area contributed by atoms with Crippen LogP contribution in [-0.4, -0.2) is 29.9 Å². The van der Waals surface area contributed by atoms with Gasteiger partial charge in [-0.1, -0.05) is 18.2 Å². The molecule has 4 nitrogen and oxygen atoms in total. The van der Waals surface area contributed by atoms with Crippen LogP contribution in [0.2, 0.25) is 0 Å². The molecular formula is C13H13NO3. The Balaban J connectivity index is 2.46. The second-order valence-corrected chi connectivity index (χ2v) is 3.97. The molecule has 0 amide bonds. The SMILES string of the molecule is C=CCN1CC(C(=O)O)C(=O)c2ccccc21. The number of hydrogen-bond donors (Lipinski definition) is 1. The third-order valence-electron chi connectivity index (χ3n) is 2.88. The van der Waals surface area contributed by atoms with Crippen LogP contribution in [0.25, 0.3) is 0 Å². The predicted octanol–water partition coefficient (Wildman–Crippen LogP) is 1.58. The van der Waals surface area contributed by atoms with Gasteiger partial charge in [-0.3, -0.25) is 9.59 Å². The number of anilines is 1. The maximum absolute atomic E-state index is 12.0. The first-order valence-corrected chi connectivity index (χ1v) is 5.37. The number of carbonyl (C=O) groups excluding carboxylic acids is 1. The van der Waals surface area contributed by atoms with E-state index in [0.29, 0.717) is 12.1 Å². The van der Waals surface area contributed by atoms with E-state index in [1.807, 2.05) is 17.0 Å². The van der Waals surface area contributed by atoms with Crippen LogP contribution in [0.1, 0.15) is 10.4 Å². The quantitative estimate of drug-likeness (QED) is 0.633. The summed E-state index contributed by atoms with van der Waals surface area (Å²) in [5, 5.41) is 9.05. The van der Waals surface area contributed by atoms with Crippen molar-refractivity contribution in [1.82, 2.24) is 0 Å². The number of benzene rings is 1. The van der Waals surface area contributed by atoms with Crippen LogP contribution in [0, 0.1) is 5.92 Å². The molecule has 0 saturated heterocycles. The molecule has 88 valence electrons. The molecule has 0 aliphatic carbocycles. The molecular weight excluding hydrogens is 218 g/mol. The minimum atomic E-state index is -1.07. The Bertz CT molecular complexity index is 481. The number of aliphatic carboxylic acids is 1. The fourth-order valence-corrected chi connectivity index (χ4v) is 2.07. The van der Waals surface area contributed by atoms with Gasteiger partial charge in [0.05, 0.1) is 0 Å². The van der Waals surface area contributed by atoms with Gasteiger partial charge in [0.25, 0.3) is 0 Å². The van der Waals surface area contributed by atoms with Crippen molar-refractivity contribution in [3.05, 3.63) is 42.5 Å². The summed E-state index contributed by atoms with van der Waals surface area (Å²) in [7, 11) is 0. The number of carbonyl (C=O) groups is 2. The van der Waals surface area contributed by atoms with E-state index in [0.717, 1.165) is 5.69 Å². The normalized spacial score (nSPS) is 18.7. The van der Waals surface area contributed by atoms with E-state index in [9.17, 15) is 9.59 Å². The van der Waals surface area contributed by atoms with Gasteiger partial charge in [0, 0.05) is 24.3 Å². The van der Waals surface area contributed by atoms with Gasteiger partial charge in [0.15, 0.2) is 5.78 Å². The Morgan fingerprint density at radius 3 is 2.88 bits per heavy atom. The third kappa shape index (κ3) is 1.93. The van der Waals surface area contributed by atoms with Gasteiger partial charge in [-0.05, 0) is 12.1 Å². The van der Waals surface area contributed by atoms with Crippen LogP contribution in [0.15, 0.2) is 36.9 Å². The maximum atomic E-state index is 12.0. The van der Waals surface area contributed by atoms with Crippen molar-refractivity contribution in [3.8, 4) is 0 Å².